The van der Waals surface area contributed by atoms with Gasteiger partial charge in [-0.15, -0.1) is 0 Å². The molecule has 0 saturated carbocycles. The van der Waals surface area contributed by atoms with Crippen molar-refractivity contribution in [2.24, 2.45) is 0 Å². The van der Waals surface area contributed by atoms with Crippen LogP contribution in [0.2, 0.25) is 0 Å². The van der Waals surface area contributed by atoms with E-state index in [0.717, 1.165) is 12.1 Å². The summed E-state index contributed by atoms with van der Waals surface area (Å²) in [5.74, 6) is -2.97. The molecule has 0 radical (unpaired) electrons. The molecular weight excluding hydrogens is 192 g/mol. The van der Waals surface area contributed by atoms with E-state index in [0.29, 0.717) is 0 Å². The summed E-state index contributed by atoms with van der Waals surface area (Å²) in [6.07, 6.45) is -0.355. The van der Waals surface area contributed by atoms with Crippen LogP contribution in [0.1, 0.15) is 24.2 Å². The second-order valence-electron chi connectivity index (χ2n) is 2.93. The van der Waals surface area contributed by atoms with Crippen LogP contribution in [0.4, 0.5) is 8.78 Å². The molecule has 1 aromatic rings. The first kappa shape index (κ1) is 10.6. The molecule has 1 aromatic heterocycles. The van der Waals surface area contributed by atoms with E-state index in [-0.39, 0.29) is 11.7 Å². The fourth-order valence-corrected chi connectivity index (χ4v) is 0.842. The molecule has 3 nitrogen and oxygen atoms in total. The molecule has 76 valence electrons. The minimum atomic E-state index is -1.16. The lowest BCUT2D eigenvalue weighted by Crippen LogP contribution is -2.14. The Morgan fingerprint density at radius 3 is 2.57 bits per heavy atom. The van der Waals surface area contributed by atoms with E-state index in [1.807, 2.05) is 0 Å². The Labute approximate surface area is 79.7 Å². The number of carbonyl (C=O) groups excluding carboxylic acids is 1. The van der Waals surface area contributed by atoms with Crippen LogP contribution >= 0.6 is 0 Å². The predicted molar refractivity (Wildman–Crippen MR) is 44.7 cm³/mol. The topological polar surface area (TPSA) is 39.2 Å². The summed E-state index contributed by atoms with van der Waals surface area (Å²) in [5, 5.41) is 0. The number of aromatic nitrogens is 1. The molecule has 5 heteroatoms. The first-order valence-corrected chi connectivity index (χ1v) is 4.03. The molecule has 0 aromatic carbocycles. The SMILES string of the molecule is CC(C)OC(=O)c1ccc(F)nc1F. The first-order valence-electron chi connectivity index (χ1n) is 4.03. The maximum Gasteiger partial charge on any atom is 0.343 e. The van der Waals surface area contributed by atoms with Crippen molar-refractivity contribution in [2.75, 3.05) is 0 Å². The minimum absolute atomic E-state index is 0.355. The van der Waals surface area contributed by atoms with Crippen molar-refractivity contribution in [1.82, 2.24) is 4.98 Å². The number of halogens is 2. The Hall–Kier alpha value is -1.52. The van der Waals surface area contributed by atoms with Crippen molar-refractivity contribution >= 4 is 5.97 Å². The fraction of sp³-hybridized carbons (Fsp3) is 0.333. The van der Waals surface area contributed by atoms with Crippen molar-refractivity contribution in [2.45, 2.75) is 20.0 Å². The van der Waals surface area contributed by atoms with Gasteiger partial charge in [-0.05, 0) is 26.0 Å². The van der Waals surface area contributed by atoms with Crippen LogP contribution in [0.25, 0.3) is 0 Å². The monoisotopic (exact) mass is 201 g/mol. The summed E-state index contributed by atoms with van der Waals surface area (Å²) in [5.41, 5.74) is -0.361. The largest absolute Gasteiger partial charge is 0.459 e. The van der Waals surface area contributed by atoms with E-state index >= 15 is 0 Å². The van der Waals surface area contributed by atoms with E-state index in [4.69, 9.17) is 4.74 Å². The standard InChI is InChI=1S/C9H9F2NO2/c1-5(2)14-9(13)6-3-4-7(10)12-8(6)11/h3-5H,1-2H3. The Morgan fingerprint density at radius 2 is 2.07 bits per heavy atom. The van der Waals surface area contributed by atoms with Crippen LogP contribution in [0.15, 0.2) is 12.1 Å². The zero-order valence-electron chi connectivity index (χ0n) is 7.75. The smallest absolute Gasteiger partial charge is 0.343 e. The summed E-state index contributed by atoms with van der Waals surface area (Å²) in [6.45, 7) is 3.26. The summed E-state index contributed by atoms with van der Waals surface area (Å²) in [6, 6.07) is 1.91. The third kappa shape index (κ3) is 2.48. The van der Waals surface area contributed by atoms with Crippen LogP contribution in [-0.4, -0.2) is 17.1 Å². The Morgan fingerprint density at radius 1 is 1.43 bits per heavy atom. The molecule has 1 heterocycles. The highest BCUT2D eigenvalue weighted by Crippen LogP contribution is 2.08. The van der Waals surface area contributed by atoms with Crippen molar-refractivity contribution in [3.63, 3.8) is 0 Å². The number of hydrogen-bond donors (Lipinski definition) is 0. The number of esters is 1. The third-order valence-corrected chi connectivity index (χ3v) is 1.38. The quantitative estimate of drug-likeness (QED) is 0.542. The Bertz CT molecular complexity index is 353. The van der Waals surface area contributed by atoms with Gasteiger partial charge in [0.1, 0.15) is 5.56 Å². The lowest BCUT2D eigenvalue weighted by atomic mass is 10.3. The number of ether oxygens (including phenoxy) is 1. The average Bonchev–Trinajstić information content (AvgIpc) is 2.01. The van der Waals surface area contributed by atoms with Gasteiger partial charge >= 0.3 is 5.97 Å². The highest BCUT2D eigenvalue weighted by molar-refractivity contribution is 5.89. The fourth-order valence-electron chi connectivity index (χ4n) is 0.842. The van der Waals surface area contributed by atoms with Crippen molar-refractivity contribution < 1.29 is 18.3 Å². The summed E-state index contributed by atoms with van der Waals surface area (Å²) < 4.78 is 30.0. The van der Waals surface area contributed by atoms with Gasteiger partial charge in [0.05, 0.1) is 6.10 Å². The summed E-state index contributed by atoms with van der Waals surface area (Å²) in [4.78, 5) is 14.0. The van der Waals surface area contributed by atoms with Crippen LogP contribution < -0.4 is 0 Å². The van der Waals surface area contributed by atoms with E-state index in [1.165, 1.54) is 0 Å². The van der Waals surface area contributed by atoms with Gasteiger partial charge in [-0.1, -0.05) is 0 Å². The molecule has 0 saturated heterocycles. The molecular formula is C9H9F2NO2. The van der Waals surface area contributed by atoms with Gasteiger partial charge in [-0.3, -0.25) is 0 Å². The number of hydrogen-bond acceptors (Lipinski definition) is 3. The second kappa shape index (κ2) is 4.13. The lowest BCUT2D eigenvalue weighted by molar-refractivity contribution is 0.0371. The van der Waals surface area contributed by atoms with Gasteiger partial charge in [0.25, 0.3) is 0 Å². The molecule has 0 amide bonds. The molecule has 0 bridgehead atoms. The average molecular weight is 201 g/mol. The Kier molecular flexibility index (Phi) is 3.11. The Balaban J connectivity index is 2.90. The van der Waals surface area contributed by atoms with Gasteiger partial charge < -0.3 is 4.74 Å². The highest BCUT2D eigenvalue weighted by atomic mass is 19.1. The summed E-state index contributed by atoms with van der Waals surface area (Å²) in [7, 11) is 0. The molecule has 14 heavy (non-hydrogen) atoms. The normalized spacial score (nSPS) is 10.4. The van der Waals surface area contributed by atoms with Crippen LogP contribution in [0, 0.1) is 11.9 Å². The van der Waals surface area contributed by atoms with E-state index < -0.39 is 17.9 Å². The third-order valence-electron chi connectivity index (χ3n) is 1.38. The number of rotatable bonds is 2. The van der Waals surface area contributed by atoms with Crippen molar-refractivity contribution in [3.8, 4) is 0 Å². The number of nitrogens with zero attached hydrogens (tertiary/aromatic N) is 1. The van der Waals surface area contributed by atoms with Crippen LogP contribution in [0.5, 0.6) is 0 Å². The van der Waals surface area contributed by atoms with Gasteiger partial charge in [-0.2, -0.15) is 13.8 Å². The molecule has 0 spiro atoms. The zero-order chi connectivity index (χ0) is 10.7. The van der Waals surface area contributed by atoms with Gasteiger partial charge in [-0.25, -0.2) is 4.79 Å². The molecule has 0 fully saturated rings. The number of pyridine rings is 1. The summed E-state index contributed by atoms with van der Waals surface area (Å²) >= 11 is 0. The lowest BCUT2D eigenvalue weighted by Gasteiger charge is -2.07. The van der Waals surface area contributed by atoms with E-state index in [1.54, 1.807) is 13.8 Å². The van der Waals surface area contributed by atoms with Gasteiger partial charge in [0.2, 0.25) is 11.9 Å². The molecule has 0 aliphatic heterocycles. The molecule has 0 N–H and O–H groups in total. The van der Waals surface area contributed by atoms with Crippen molar-refractivity contribution in [1.29, 1.82) is 0 Å². The number of carbonyl (C=O) groups is 1. The minimum Gasteiger partial charge on any atom is -0.459 e. The highest BCUT2D eigenvalue weighted by Gasteiger charge is 2.15. The maximum atomic E-state index is 12.9. The van der Waals surface area contributed by atoms with E-state index in [9.17, 15) is 13.6 Å². The molecule has 1 rings (SSSR count). The van der Waals surface area contributed by atoms with Crippen molar-refractivity contribution in [3.05, 3.63) is 29.6 Å². The first-order chi connectivity index (χ1) is 6.50. The van der Waals surface area contributed by atoms with Crippen LogP contribution in [0.3, 0.4) is 0 Å². The zero-order valence-corrected chi connectivity index (χ0v) is 7.75. The second-order valence-corrected chi connectivity index (χ2v) is 2.93. The van der Waals surface area contributed by atoms with Gasteiger partial charge in [0, 0.05) is 0 Å². The molecule has 0 aliphatic rings. The molecule has 0 atom stereocenters. The maximum absolute atomic E-state index is 12.9. The van der Waals surface area contributed by atoms with Crippen LogP contribution in [-0.2, 0) is 4.74 Å². The molecule has 0 unspecified atom stereocenters. The predicted octanol–water partition coefficient (Wildman–Crippen LogP) is 1.93. The molecule has 0 aliphatic carbocycles. The van der Waals surface area contributed by atoms with E-state index in [2.05, 4.69) is 4.98 Å². The van der Waals surface area contributed by atoms with Gasteiger partial charge in [0.15, 0.2) is 0 Å².